The predicted octanol–water partition coefficient (Wildman–Crippen LogP) is 1.61. The van der Waals surface area contributed by atoms with Gasteiger partial charge in [-0.25, -0.2) is 0 Å². The summed E-state index contributed by atoms with van der Waals surface area (Å²) in [6.45, 7) is 7.09. The van der Waals surface area contributed by atoms with Crippen LogP contribution in [0.15, 0.2) is 0 Å². The van der Waals surface area contributed by atoms with E-state index in [1.165, 1.54) is 12.8 Å². The average molecular weight is 197 g/mol. The quantitative estimate of drug-likeness (QED) is 0.703. The number of nitriles is 1. The first-order valence-electron chi connectivity index (χ1n) is 5.29. The van der Waals surface area contributed by atoms with Gasteiger partial charge < -0.3 is 10.2 Å². The molecule has 0 aliphatic carbocycles. The van der Waals surface area contributed by atoms with E-state index in [1.54, 1.807) is 0 Å². The molecule has 0 aromatic carbocycles. The van der Waals surface area contributed by atoms with Crippen LogP contribution in [0, 0.1) is 11.3 Å². The van der Waals surface area contributed by atoms with Crippen molar-refractivity contribution >= 4 is 0 Å². The lowest BCUT2D eigenvalue weighted by Gasteiger charge is -2.31. The highest BCUT2D eigenvalue weighted by molar-refractivity contribution is 5.05. The van der Waals surface area contributed by atoms with E-state index < -0.39 is 5.54 Å². The van der Waals surface area contributed by atoms with Gasteiger partial charge in [-0.1, -0.05) is 13.3 Å². The highest BCUT2D eigenvalue weighted by Gasteiger charge is 2.24. The standard InChI is InChI=1S/C11H23N3/c1-6-7-10(2)14(5)9-11(3,8-12)13-4/h10,13H,6-7,9H2,1-5H3. The lowest BCUT2D eigenvalue weighted by Crippen LogP contribution is -2.49. The third-order valence-electron chi connectivity index (χ3n) is 2.82. The first-order valence-corrected chi connectivity index (χ1v) is 5.29. The van der Waals surface area contributed by atoms with E-state index in [1.807, 2.05) is 14.0 Å². The van der Waals surface area contributed by atoms with Gasteiger partial charge in [0.15, 0.2) is 0 Å². The van der Waals surface area contributed by atoms with Gasteiger partial charge in [0.1, 0.15) is 5.54 Å². The molecule has 82 valence electrons. The molecule has 0 radical (unpaired) electrons. The molecule has 2 unspecified atom stereocenters. The Morgan fingerprint density at radius 2 is 2.14 bits per heavy atom. The van der Waals surface area contributed by atoms with Gasteiger partial charge in [-0.15, -0.1) is 0 Å². The Labute approximate surface area is 88.1 Å². The topological polar surface area (TPSA) is 39.1 Å². The summed E-state index contributed by atoms with van der Waals surface area (Å²) in [6, 6.07) is 2.85. The van der Waals surface area contributed by atoms with Crippen molar-refractivity contribution in [1.29, 1.82) is 5.26 Å². The first-order chi connectivity index (χ1) is 6.49. The van der Waals surface area contributed by atoms with Crippen molar-refractivity contribution in [2.75, 3.05) is 20.6 Å². The Hall–Kier alpha value is -0.590. The monoisotopic (exact) mass is 197 g/mol. The van der Waals surface area contributed by atoms with E-state index >= 15 is 0 Å². The fourth-order valence-electron chi connectivity index (χ4n) is 1.46. The summed E-state index contributed by atoms with van der Waals surface area (Å²) in [5.74, 6) is 0. The second-order valence-corrected chi connectivity index (χ2v) is 4.25. The fraction of sp³-hybridized carbons (Fsp3) is 0.909. The molecule has 0 aromatic rings. The van der Waals surface area contributed by atoms with E-state index in [0.29, 0.717) is 6.04 Å². The van der Waals surface area contributed by atoms with Crippen LogP contribution in [0.5, 0.6) is 0 Å². The lowest BCUT2D eigenvalue weighted by molar-refractivity contribution is 0.204. The zero-order valence-electron chi connectivity index (χ0n) is 10.1. The molecule has 0 spiro atoms. The Bertz CT molecular complexity index is 197. The molecule has 0 fully saturated rings. The summed E-state index contributed by atoms with van der Waals surface area (Å²) in [5, 5.41) is 12.1. The van der Waals surface area contributed by atoms with Crippen LogP contribution in [-0.4, -0.2) is 37.1 Å². The number of nitrogens with one attached hydrogen (secondary N) is 1. The number of likely N-dealkylation sites (N-methyl/N-ethyl adjacent to an activating group) is 2. The van der Waals surface area contributed by atoms with Gasteiger partial charge in [0.25, 0.3) is 0 Å². The fourth-order valence-corrected chi connectivity index (χ4v) is 1.46. The molecular formula is C11H23N3. The Kier molecular flexibility index (Phi) is 5.75. The zero-order chi connectivity index (χ0) is 11.2. The van der Waals surface area contributed by atoms with Gasteiger partial charge in [-0.3, -0.25) is 0 Å². The molecular weight excluding hydrogens is 174 g/mol. The van der Waals surface area contributed by atoms with Crippen LogP contribution in [-0.2, 0) is 0 Å². The summed E-state index contributed by atoms with van der Waals surface area (Å²) in [6.07, 6.45) is 2.37. The summed E-state index contributed by atoms with van der Waals surface area (Å²) < 4.78 is 0. The van der Waals surface area contributed by atoms with Gasteiger partial charge in [0.2, 0.25) is 0 Å². The van der Waals surface area contributed by atoms with Crippen LogP contribution in [0.4, 0.5) is 0 Å². The van der Waals surface area contributed by atoms with Crippen LogP contribution in [0.3, 0.4) is 0 Å². The van der Waals surface area contributed by atoms with Gasteiger partial charge in [-0.2, -0.15) is 5.26 Å². The molecule has 0 amide bonds. The van der Waals surface area contributed by atoms with Crippen LogP contribution in [0.2, 0.25) is 0 Å². The van der Waals surface area contributed by atoms with Gasteiger partial charge in [-0.05, 0) is 34.4 Å². The zero-order valence-corrected chi connectivity index (χ0v) is 10.1. The summed E-state index contributed by atoms with van der Waals surface area (Å²) >= 11 is 0. The summed E-state index contributed by atoms with van der Waals surface area (Å²) in [7, 11) is 3.91. The maximum atomic E-state index is 9.01. The van der Waals surface area contributed by atoms with Crippen LogP contribution >= 0.6 is 0 Å². The molecule has 0 rings (SSSR count). The van der Waals surface area contributed by atoms with E-state index in [4.69, 9.17) is 5.26 Å². The predicted molar refractivity (Wildman–Crippen MR) is 60.1 cm³/mol. The van der Waals surface area contributed by atoms with E-state index in [-0.39, 0.29) is 0 Å². The maximum absolute atomic E-state index is 9.01. The van der Waals surface area contributed by atoms with Gasteiger partial charge >= 0.3 is 0 Å². The Balaban J connectivity index is 4.16. The van der Waals surface area contributed by atoms with E-state index in [2.05, 4.69) is 37.2 Å². The number of rotatable bonds is 6. The molecule has 14 heavy (non-hydrogen) atoms. The Morgan fingerprint density at radius 3 is 2.50 bits per heavy atom. The lowest BCUT2D eigenvalue weighted by atomic mass is 10.0. The second-order valence-electron chi connectivity index (χ2n) is 4.25. The van der Waals surface area contributed by atoms with E-state index in [9.17, 15) is 0 Å². The van der Waals surface area contributed by atoms with Crippen molar-refractivity contribution in [2.45, 2.75) is 45.2 Å². The first kappa shape index (κ1) is 13.4. The molecule has 0 saturated carbocycles. The summed E-state index contributed by atoms with van der Waals surface area (Å²) in [4.78, 5) is 2.24. The second kappa shape index (κ2) is 6.00. The molecule has 3 heteroatoms. The minimum Gasteiger partial charge on any atom is -0.302 e. The third-order valence-corrected chi connectivity index (χ3v) is 2.82. The number of hydrogen-bond donors (Lipinski definition) is 1. The average Bonchev–Trinajstić information content (AvgIpc) is 2.18. The highest BCUT2D eigenvalue weighted by atomic mass is 15.2. The minimum atomic E-state index is -0.434. The third kappa shape index (κ3) is 4.08. The van der Waals surface area contributed by atoms with Crippen molar-refractivity contribution in [1.82, 2.24) is 10.2 Å². The maximum Gasteiger partial charge on any atom is 0.116 e. The van der Waals surface area contributed by atoms with Crippen LogP contribution in [0.25, 0.3) is 0 Å². The molecule has 3 nitrogen and oxygen atoms in total. The molecule has 2 atom stereocenters. The van der Waals surface area contributed by atoms with Crippen molar-refractivity contribution in [3.05, 3.63) is 0 Å². The van der Waals surface area contributed by atoms with Crippen LogP contribution in [0.1, 0.15) is 33.6 Å². The molecule has 0 heterocycles. The Morgan fingerprint density at radius 1 is 1.57 bits per heavy atom. The van der Waals surface area contributed by atoms with Gasteiger partial charge in [0.05, 0.1) is 6.07 Å². The van der Waals surface area contributed by atoms with Crippen molar-refractivity contribution in [3.8, 4) is 6.07 Å². The van der Waals surface area contributed by atoms with Crippen molar-refractivity contribution < 1.29 is 0 Å². The minimum absolute atomic E-state index is 0.434. The molecule has 0 bridgehead atoms. The normalized spacial score (nSPS) is 17.5. The van der Waals surface area contributed by atoms with Gasteiger partial charge in [0, 0.05) is 12.6 Å². The number of hydrogen-bond acceptors (Lipinski definition) is 3. The highest BCUT2D eigenvalue weighted by Crippen LogP contribution is 2.09. The smallest absolute Gasteiger partial charge is 0.116 e. The van der Waals surface area contributed by atoms with E-state index in [0.717, 1.165) is 6.54 Å². The largest absolute Gasteiger partial charge is 0.302 e. The molecule has 0 aromatic heterocycles. The number of nitrogens with zero attached hydrogens (tertiary/aromatic N) is 2. The molecule has 0 aliphatic heterocycles. The van der Waals surface area contributed by atoms with Crippen molar-refractivity contribution in [3.63, 3.8) is 0 Å². The van der Waals surface area contributed by atoms with Crippen LogP contribution < -0.4 is 5.32 Å². The SMILES string of the molecule is CCCC(C)N(C)CC(C)(C#N)NC. The molecule has 0 aliphatic rings. The molecule has 0 saturated heterocycles. The molecule has 1 N–H and O–H groups in total. The van der Waals surface area contributed by atoms with Crippen molar-refractivity contribution in [2.24, 2.45) is 0 Å². The summed E-state index contributed by atoms with van der Waals surface area (Å²) in [5.41, 5.74) is -0.434.